The highest BCUT2D eigenvalue weighted by atomic mass is 32.2. The average Bonchev–Trinajstić information content (AvgIpc) is 2.30. The second kappa shape index (κ2) is 7.11. The molecule has 1 aromatic rings. The number of thioether (sulfide) groups is 1. The summed E-state index contributed by atoms with van der Waals surface area (Å²) in [5.74, 6) is 1.39. The van der Waals surface area contributed by atoms with Crippen LogP contribution in [0.2, 0.25) is 0 Å². The van der Waals surface area contributed by atoms with E-state index < -0.39 is 0 Å². The van der Waals surface area contributed by atoms with Gasteiger partial charge in [-0.3, -0.25) is 4.79 Å². The smallest absolute Gasteiger partial charge is 0.271 e. The number of hydrogen-bond acceptors (Lipinski definition) is 5. The Morgan fingerprint density at radius 2 is 2.24 bits per heavy atom. The largest absolute Gasteiger partial charge is 0.369 e. The van der Waals surface area contributed by atoms with Gasteiger partial charge in [0.1, 0.15) is 11.5 Å². The van der Waals surface area contributed by atoms with Crippen molar-refractivity contribution >= 4 is 23.5 Å². The van der Waals surface area contributed by atoms with E-state index in [1.54, 1.807) is 18.0 Å². The molecule has 0 aliphatic heterocycles. The Labute approximate surface area is 106 Å². The van der Waals surface area contributed by atoms with Crippen LogP contribution in [-0.2, 0) is 0 Å². The predicted molar refractivity (Wildman–Crippen MR) is 71.5 cm³/mol. The molecule has 1 rings (SSSR count). The van der Waals surface area contributed by atoms with Gasteiger partial charge in [0.25, 0.3) is 5.91 Å². The lowest BCUT2D eigenvalue weighted by Gasteiger charge is -2.11. The van der Waals surface area contributed by atoms with E-state index in [4.69, 9.17) is 0 Å². The van der Waals surface area contributed by atoms with Gasteiger partial charge in [-0.1, -0.05) is 0 Å². The fourth-order valence-corrected chi connectivity index (χ4v) is 1.89. The van der Waals surface area contributed by atoms with Crippen LogP contribution in [0, 0.1) is 0 Å². The Hall–Kier alpha value is -1.30. The zero-order chi connectivity index (χ0) is 12.7. The number of hydrogen-bond donors (Lipinski definition) is 2. The van der Waals surface area contributed by atoms with Gasteiger partial charge in [0.2, 0.25) is 0 Å². The summed E-state index contributed by atoms with van der Waals surface area (Å²) in [6.45, 7) is 4.73. The molecule has 1 heterocycles. The molecule has 0 spiro atoms. The van der Waals surface area contributed by atoms with Gasteiger partial charge in [-0.05, 0) is 20.1 Å². The van der Waals surface area contributed by atoms with E-state index >= 15 is 0 Å². The molecule has 0 saturated heterocycles. The maximum Gasteiger partial charge on any atom is 0.271 e. The molecule has 0 aliphatic carbocycles. The van der Waals surface area contributed by atoms with Gasteiger partial charge in [0, 0.05) is 18.3 Å². The highest BCUT2D eigenvalue weighted by molar-refractivity contribution is 7.98. The van der Waals surface area contributed by atoms with Crippen LogP contribution in [0.4, 0.5) is 5.82 Å². The van der Waals surface area contributed by atoms with Crippen molar-refractivity contribution in [1.29, 1.82) is 0 Å². The Morgan fingerprint density at radius 1 is 1.47 bits per heavy atom. The van der Waals surface area contributed by atoms with Crippen LogP contribution >= 0.6 is 11.8 Å². The lowest BCUT2D eigenvalue weighted by Crippen LogP contribution is -2.34. The van der Waals surface area contributed by atoms with E-state index in [1.165, 1.54) is 6.20 Å². The van der Waals surface area contributed by atoms with E-state index in [1.807, 2.05) is 20.1 Å². The van der Waals surface area contributed by atoms with Crippen molar-refractivity contribution in [2.45, 2.75) is 19.9 Å². The minimum absolute atomic E-state index is 0.132. The molecule has 94 valence electrons. The molecule has 0 aliphatic rings. The van der Waals surface area contributed by atoms with Crippen molar-refractivity contribution in [3.8, 4) is 0 Å². The van der Waals surface area contributed by atoms with Crippen molar-refractivity contribution in [3.05, 3.63) is 18.1 Å². The number of rotatable bonds is 6. The molecule has 1 aromatic heterocycles. The van der Waals surface area contributed by atoms with Gasteiger partial charge in [-0.25, -0.2) is 9.97 Å². The van der Waals surface area contributed by atoms with Gasteiger partial charge >= 0.3 is 0 Å². The maximum absolute atomic E-state index is 11.8. The lowest BCUT2D eigenvalue weighted by atomic mass is 10.3. The third kappa shape index (κ3) is 4.60. The van der Waals surface area contributed by atoms with Gasteiger partial charge < -0.3 is 10.6 Å². The monoisotopic (exact) mass is 254 g/mol. The fraction of sp³-hybridized carbons (Fsp3) is 0.545. The molecular weight excluding hydrogens is 236 g/mol. The van der Waals surface area contributed by atoms with Crippen LogP contribution in [0.1, 0.15) is 24.3 Å². The minimum atomic E-state index is -0.179. The second-order valence-corrected chi connectivity index (χ2v) is 4.56. The molecule has 1 amide bonds. The summed E-state index contributed by atoms with van der Waals surface area (Å²) < 4.78 is 0. The van der Waals surface area contributed by atoms with Gasteiger partial charge in [0.05, 0.1) is 12.4 Å². The summed E-state index contributed by atoms with van der Waals surface area (Å²) in [4.78, 5) is 19.9. The fourth-order valence-electron chi connectivity index (χ4n) is 1.31. The summed E-state index contributed by atoms with van der Waals surface area (Å²) in [6.07, 6.45) is 5.06. The first kappa shape index (κ1) is 13.8. The number of carbonyl (C=O) groups excluding carboxylic acids is 1. The highest BCUT2D eigenvalue weighted by Gasteiger charge is 2.10. The first-order valence-corrected chi connectivity index (χ1v) is 6.92. The van der Waals surface area contributed by atoms with Gasteiger partial charge in [-0.2, -0.15) is 11.8 Å². The Morgan fingerprint density at radius 3 is 2.76 bits per heavy atom. The minimum Gasteiger partial charge on any atom is -0.369 e. The quantitative estimate of drug-likeness (QED) is 0.803. The average molecular weight is 254 g/mol. The van der Waals surface area contributed by atoms with E-state index in [2.05, 4.69) is 20.6 Å². The van der Waals surface area contributed by atoms with Crippen molar-refractivity contribution in [2.75, 3.05) is 23.9 Å². The Balaban J connectivity index is 2.57. The van der Waals surface area contributed by atoms with Gasteiger partial charge in [0.15, 0.2) is 0 Å². The molecule has 1 unspecified atom stereocenters. The Bertz CT molecular complexity index is 355. The summed E-state index contributed by atoms with van der Waals surface area (Å²) in [7, 11) is 0. The normalized spacial score (nSPS) is 11.9. The number of anilines is 1. The first-order valence-electron chi connectivity index (χ1n) is 5.53. The van der Waals surface area contributed by atoms with E-state index in [-0.39, 0.29) is 11.9 Å². The zero-order valence-electron chi connectivity index (χ0n) is 10.4. The first-order chi connectivity index (χ1) is 8.17. The molecule has 5 nitrogen and oxygen atoms in total. The molecule has 17 heavy (non-hydrogen) atoms. The lowest BCUT2D eigenvalue weighted by molar-refractivity contribution is 0.0938. The van der Waals surface area contributed by atoms with Crippen LogP contribution in [0.15, 0.2) is 12.4 Å². The molecule has 0 bridgehead atoms. The van der Waals surface area contributed by atoms with E-state index in [0.717, 1.165) is 12.3 Å². The van der Waals surface area contributed by atoms with Crippen molar-refractivity contribution in [1.82, 2.24) is 15.3 Å². The van der Waals surface area contributed by atoms with Crippen LogP contribution in [0.25, 0.3) is 0 Å². The number of nitrogens with zero attached hydrogens (tertiary/aromatic N) is 2. The topological polar surface area (TPSA) is 66.9 Å². The third-order valence-electron chi connectivity index (χ3n) is 2.04. The molecule has 0 radical (unpaired) electrons. The van der Waals surface area contributed by atoms with Crippen molar-refractivity contribution < 1.29 is 4.79 Å². The van der Waals surface area contributed by atoms with Crippen LogP contribution in [0.3, 0.4) is 0 Å². The van der Waals surface area contributed by atoms with Crippen molar-refractivity contribution in [2.24, 2.45) is 0 Å². The molecule has 0 fully saturated rings. The summed E-state index contributed by atoms with van der Waals surface area (Å²) in [5, 5.41) is 5.89. The standard InChI is InChI=1S/C11H18N4OS/c1-4-12-10-6-13-9(5-14-10)11(16)15-8(2)7-17-3/h5-6,8H,4,7H2,1-3H3,(H,12,14)(H,15,16). The second-order valence-electron chi connectivity index (χ2n) is 3.65. The maximum atomic E-state index is 11.8. The molecular formula is C11H18N4OS. The molecule has 0 saturated carbocycles. The summed E-state index contributed by atoms with van der Waals surface area (Å²) in [6, 6.07) is 0.132. The number of aromatic nitrogens is 2. The molecule has 2 N–H and O–H groups in total. The SMILES string of the molecule is CCNc1cnc(C(=O)NC(C)CSC)cn1. The third-order valence-corrected chi connectivity index (χ3v) is 2.87. The van der Waals surface area contributed by atoms with E-state index in [9.17, 15) is 4.79 Å². The van der Waals surface area contributed by atoms with Gasteiger partial charge in [-0.15, -0.1) is 0 Å². The van der Waals surface area contributed by atoms with Crippen LogP contribution in [-0.4, -0.2) is 40.5 Å². The Kier molecular flexibility index (Phi) is 5.76. The zero-order valence-corrected chi connectivity index (χ0v) is 11.2. The molecule has 6 heteroatoms. The summed E-state index contributed by atoms with van der Waals surface area (Å²) >= 11 is 1.70. The highest BCUT2D eigenvalue weighted by Crippen LogP contribution is 2.02. The van der Waals surface area contributed by atoms with Crippen LogP contribution in [0.5, 0.6) is 0 Å². The van der Waals surface area contributed by atoms with E-state index in [0.29, 0.717) is 11.5 Å². The van der Waals surface area contributed by atoms with Crippen molar-refractivity contribution in [3.63, 3.8) is 0 Å². The molecule has 1 atom stereocenters. The summed E-state index contributed by atoms with van der Waals surface area (Å²) in [5.41, 5.74) is 0.347. The van der Waals surface area contributed by atoms with Crippen LogP contribution < -0.4 is 10.6 Å². The number of amides is 1. The number of carbonyl (C=O) groups is 1. The predicted octanol–water partition coefficient (Wildman–Crippen LogP) is 1.39. The number of nitrogens with one attached hydrogen (secondary N) is 2. The molecule has 0 aromatic carbocycles.